The first-order chi connectivity index (χ1) is 7.96. The van der Waals surface area contributed by atoms with E-state index in [0.29, 0.717) is 11.5 Å². The van der Waals surface area contributed by atoms with Gasteiger partial charge in [0.1, 0.15) is 0 Å². The Bertz CT molecular complexity index is 398. The second kappa shape index (κ2) is 4.89. The van der Waals surface area contributed by atoms with Gasteiger partial charge < -0.3 is 5.32 Å². The number of benzene rings is 1. The average Bonchev–Trinajstić information content (AvgIpc) is 2.22. The minimum Gasteiger partial charge on any atom is -0.382 e. The molecule has 1 aromatic carbocycles. The zero-order valence-electron chi connectivity index (χ0n) is 11.0. The maximum atomic E-state index is 6.15. The largest absolute Gasteiger partial charge is 0.382 e. The molecule has 1 aliphatic rings. The summed E-state index contributed by atoms with van der Waals surface area (Å²) in [7, 11) is 0. The van der Waals surface area contributed by atoms with Crippen LogP contribution in [0.25, 0.3) is 0 Å². The molecule has 0 heterocycles. The van der Waals surface area contributed by atoms with Crippen molar-refractivity contribution in [3.05, 3.63) is 28.8 Å². The second-order valence-electron chi connectivity index (χ2n) is 6.07. The lowest BCUT2D eigenvalue weighted by Gasteiger charge is -2.36. The maximum Gasteiger partial charge on any atom is 0.0455 e. The highest BCUT2D eigenvalue weighted by Crippen LogP contribution is 2.36. The quantitative estimate of drug-likeness (QED) is 0.778. The molecule has 94 valence electrons. The topological polar surface area (TPSA) is 12.0 Å². The number of anilines is 1. The number of rotatable bonds is 2. The standard InChI is InChI=1S/C15H22ClN/c1-11-6-7-12(9-14(11)16)17-13-5-4-8-15(2,3)10-13/h6-7,9,13,17H,4-5,8,10H2,1-3H3. The third-order valence-corrected chi connectivity index (χ3v) is 4.15. The molecule has 1 aliphatic carbocycles. The van der Waals surface area contributed by atoms with Gasteiger partial charge in [-0.15, -0.1) is 0 Å². The van der Waals surface area contributed by atoms with Crippen LogP contribution in [0, 0.1) is 12.3 Å². The van der Waals surface area contributed by atoms with Gasteiger partial charge in [-0.2, -0.15) is 0 Å². The molecular weight excluding hydrogens is 230 g/mol. The van der Waals surface area contributed by atoms with Crippen LogP contribution < -0.4 is 5.32 Å². The zero-order valence-corrected chi connectivity index (χ0v) is 11.8. The van der Waals surface area contributed by atoms with Crippen LogP contribution in [-0.2, 0) is 0 Å². The Balaban J connectivity index is 2.03. The molecular formula is C15H22ClN. The fraction of sp³-hybridized carbons (Fsp3) is 0.600. The Morgan fingerprint density at radius 2 is 2.12 bits per heavy atom. The Morgan fingerprint density at radius 3 is 2.76 bits per heavy atom. The SMILES string of the molecule is Cc1ccc(NC2CCCC(C)(C)C2)cc1Cl. The summed E-state index contributed by atoms with van der Waals surface area (Å²) in [4.78, 5) is 0. The van der Waals surface area contributed by atoms with Crippen LogP contribution in [0.5, 0.6) is 0 Å². The highest BCUT2D eigenvalue weighted by atomic mass is 35.5. The van der Waals surface area contributed by atoms with Crippen molar-refractivity contribution in [2.24, 2.45) is 5.41 Å². The molecule has 0 saturated heterocycles. The zero-order chi connectivity index (χ0) is 12.5. The van der Waals surface area contributed by atoms with Crippen molar-refractivity contribution in [1.29, 1.82) is 0 Å². The number of hydrogen-bond acceptors (Lipinski definition) is 1. The molecule has 1 saturated carbocycles. The van der Waals surface area contributed by atoms with Gasteiger partial charge in [-0.1, -0.05) is 37.9 Å². The van der Waals surface area contributed by atoms with E-state index in [1.807, 2.05) is 13.0 Å². The van der Waals surface area contributed by atoms with Crippen molar-refractivity contribution < 1.29 is 0 Å². The van der Waals surface area contributed by atoms with E-state index in [0.717, 1.165) is 16.3 Å². The van der Waals surface area contributed by atoms with Gasteiger partial charge in [-0.25, -0.2) is 0 Å². The van der Waals surface area contributed by atoms with Crippen LogP contribution in [0.3, 0.4) is 0 Å². The fourth-order valence-electron chi connectivity index (χ4n) is 2.74. The van der Waals surface area contributed by atoms with E-state index in [1.165, 1.54) is 25.7 Å². The molecule has 0 aliphatic heterocycles. The molecule has 0 spiro atoms. The smallest absolute Gasteiger partial charge is 0.0455 e. The molecule has 0 bridgehead atoms. The van der Waals surface area contributed by atoms with Crippen molar-refractivity contribution in [1.82, 2.24) is 0 Å². The van der Waals surface area contributed by atoms with Crippen LogP contribution in [0.15, 0.2) is 18.2 Å². The fourth-order valence-corrected chi connectivity index (χ4v) is 2.92. The van der Waals surface area contributed by atoms with Crippen molar-refractivity contribution in [2.45, 2.75) is 52.5 Å². The molecule has 1 fully saturated rings. The minimum atomic E-state index is 0.477. The number of nitrogens with one attached hydrogen (secondary N) is 1. The summed E-state index contributed by atoms with van der Waals surface area (Å²) in [6.45, 7) is 6.77. The van der Waals surface area contributed by atoms with Gasteiger partial charge in [0.2, 0.25) is 0 Å². The predicted molar refractivity (Wildman–Crippen MR) is 75.8 cm³/mol. The molecule has 17 heavy (non-hydrogen) atoms. The summed E-state index contributed by atoms with van der Waals surface area (Å²) in [5.74, 6) is 0. The lowest BCUT2D eigenvalue weighted by atomic mass is 9.75. The summed E-state index contributed by atoms with van der Waals surface area (Å²) < 4.78 is 0. The summed E-state index contributed by atoms with van der Waals surface area (Å²) >= 11 is 6.15. The summed E-state index contributed by atoms with van der Waals surface area (Å²) in [6.07, 6.45) is 5.19. The van der Waals surface area contributed by atoms with Crippen LogP contribution >= 0.6 is 11.6 Å². The monoisotopic (exact) mass is 251 g/mol. The van der Waals surface area contributed by atoms with Gasteiger partial charge >= 0.3 is 0 Å². The molecule has 1 atom stereocenters. The summed E-state index contributed by atoms with van der Waals surface area (Å²) in [5, 5.41) is 4.47. The third-order valence-electron chi connectivity index (χ3n) is 3.75. The van der Waals surface area contributed by atoms with Crippen molar-refractivity contribution in [2.75, 3.05) is 5.32 Å². The summed E-state index contributed by atoms with van der Waals surface area (Å²) in [6, 6.07) is 6.84. The van der Waals surface area contributed by atoms with Crippen molar-refractivity contribution in [3.8, 4) is 0 Å². The lowest BCUT2D eigenvalue weighted by molar-refractivity contribution is 0.229. The van der Waals surface area contributed by atoms with Gasteiger partial charge in [0.25, 0.3) is 0 Å². The van der Waals surface area contributed by atoms with Crippen LogP contribution in [0.1, 0.15) is 45.1 Å². The van der Waals surface area contributed by atoms with Crippen LogP contribution in [-0.4, -0.2) is 6.04 Å². The molecule has 2 rings (SSSR count). The molecule has 1 nitrogen and oxygen atoms in total. The van der Waals surface area contributed by atoms with E-state index in [9.17, 15) is 0 Å². The molecule has 1 N–H and O–H groups in total. The van der Waals surface area contributed by atoms with Gasteiger partial charge in [0.05, 0.1) is 0 Å². The van der Waals surface area contributed by atoms with Gasteiger partial charge in [-0.3, -0.25) is 0 Å². The predicted octanol–water partition coefficient (Wildman–Crippen LogP) is 5.03. The maximum absolute atomic E-state index is 6.15. The Morgan fingerprint density at radius 1 is 1.35 bits per heavy atom. The number of aryl methyl sites for hydroxylation is 1. The van der Waals surface area contributed by atoms with E-state index in [1.54, 1.807) is 0 Å². The number of halogens is 1. The molecule has 0 radical (unpaired) electrons. The first-order valence-electron chi connectivity index (χ1n) is 6.49. The van der Waals surface area contributed by atoms with Crippen LogP contribution in [0.4, 0.5) is 5.69 Å². The van der Waals surface area contributed by atoms with E-state index in [2.05, 4.69) is 31.3 Å². The number of hydrogen-bond donors (Lipinski definition) is 1. The van der Waals surface area contributed by atoms with Crippen LogP contribution in [0.2, 0.25) is 5.02 Å². The first kappa shape index (κ1) is 12.8. The van der Waals surface area contributed by atoms with E-state index < -0.39 is 0 Å². The lowest BCUT2D eigenvalue weighted by Crippen LogP contribution is -2.31. The molecule has 0 aromatic heterocycles. The first-order valence-corrected chi connectivity index (χ1v) is 6.87. The average molecular weight is 252 g/mol. The summed E-state index contributed by atoms with van der Waals surface area (Å²) in [5.41, 5.74) is 2.77. The van der Waals surface area contributed by atoms with E-state index in [-0.39, 0.29) is 0 Å². The Hall–Kier alpha value is -0.690. The van der Waals surface area contributed by atoms with Crippen molar-refractivity contribution >= 4 is 17.3 Å². The Kier molecular flexibility index (Phi) is 3.67. The van der Waals surface area contributed by atoms with Gasteiger partial charge in [0, 0.05) is 16.8 Å². The Labute approximate surface area is 110 Å². The highest BCUT2D eigenvalue weighted by molar-refractivity contribution is 6.31. The third kappa shape index (κ3) is 3.38. The highest BCUT2D eigenvalue weighted by Gasteiger charge is 2.27. The van der Waals surface area contributed by atoms with Gasteiger partial charge in [0.15, 0.2) is 0 Å². The second-order valence-corrected chi connectivity index (χ2v) is 6.47. The normalized spacial score (nSPS) is 23.4. The van der Waals surface area contributed by atoms with E-state index in [4.69, 9.17) is 11.6 Å². The minimum absolute atomic E-state index is 0.477. The van der Waals surface area contributed by atoms with Crippen molar-refractivity contribution in [3.63, 3.8) is 0 Å². The van der Waals surface area contributed by atoms with Gasteiger partial charge in [-0.05, 0) is 49.3 Å². The molecule has 1 aromatic rings. The molecule has 0 amide bonds. The van der Waals surface area contributed by atoms with E-state index >= 15 is 0 Å². The molecule has 2 heteroatoms. The molecule has 1 unspecified atom stereocenters.